The van der Waals surface area contributed by atoms with E-state index in [1.807, 2.05) is 36.4 Å². The van der Waals surface area contributed by atoms with Crippen molar-refractivity contribution < 1.29 is 14.6 Å². The van der Waals surface area contributed by atoms with Crippen LogP contribution in [0.4, 0.5) is 0 Å². The predicted molar refractivity (Wildman–Crippen MR) is 96.3 cm³/mol. The molecule has 0 spiro atoms. The summed E-state index contributed by atoms with van der Waals surface area (Å²) < 4.78 is 5.47. The first-order valence-electron chi connectivity index (χ1n) is 7.58. The molecule has 24 heavy (non-hydrogen) atoms. The molecule has 0 saturated heterocycles. The van der Waals surface area contributed by atoms with E-state index >= 15 is 0 Å². The van der Waals surface area contributed by atoms with Gasteiger partial charge >= 0.3 is 5.97 Å². The van der Waals surface area contributed by atoms with E-state index in [0.717, 1.165) is 23.8 Å². The van der Waals surface area contributed by atoms with E-state index in [1.54, 1.807) is 0 Å². The fourth-order valence-electron chi connectivity index (χ4n) is 2.58. The standard InChI is InChI=1S/C19H16BrNO3/c1-12(22)24-19-17(23)15-10-9-14(11-16(15)18(20)21-19)8-7-13-5-3-2-4-6-13/h2-6,9-11,23H,7-8H2,1H3. The molecule has 0 radical (unpaired) electrons. The lowest BCUT2D eigenvalue weighted by Crippen LogP contribution is -2.04. The summed E-state index contributed by atoms with van der Waals surface area (Å²) in [6.07, 6.45) is 1.83. The fraction of sp³-hybridized carbons (Fsp3) is 0.158. The van der Waals surface area contributed by atoms with Crippen molar-refractivity contribution in [2.24, 2.45) is 0 Å². The Balaban J connectivity index is 1.91. The van der Waals surface area contributed by atoms with Gasteiger partial charge in [0.2, 0.25) is 0 Å². The Morgan fingerprint density at radius 1 is 1.08 bits per heavy atom. The summed E-state index contributed by atoms with van der Waals surface area (Å²) in [5.74, 6) is -0.736. The first kappa shape index (κ1) is 16.5. The molecule has 1 N–H and O–H groups in total. The molecular weight excluding hydrogens is 370 g/mol. The van der Waals surface area contributed by atoms with Gasteiger partial charge in [-0.15, -0.1) is 0 Å². The van der Waals surface area contributed by atoms with Crippen molar-refractivity contribution in [3.05, 3.63) is 64.3 Å². The minimum atomic E-state index is -0.525. The number of carbonyl (C=O) groups is 1. The Morgan fingerprint density at radius 2 is 1.79 bits per heavy atom. The highest BCUT2D eigenvalue weighted by atomic mass is 79.9. The van der Waals surface area contributed by atoms with Crippen molar-refractivity contribution in [3.8, 4) is 11.6 Å². The summed E-state index contributed by atoms with van der Waals surface area (Å²) in [5.41, 5.74) is 2.43. The molecule has 4 nitrogen and oxygen atoms in total. The topological polar surface area (TPSA) is 59.4 Å². The monoisotopic (exact) mass is 385 g/mol. The number of fused-ring (bicyclic) bond motifs is 1. The third-order valence-corrected chi connectivity index (χ3v) is 4.35. The Labute approximate surface area is 148 Å². The van der Waals surface area contributed by atoms with Gasteiger partial charge in [0.15, 0.2) is 5.75 Å². The zero-order valence-corrected chi connectivity index (χ0v) is 14.7. The summed E-state index contributed by atoms with van der Waals surface area (Å²) in [5, 5.41) is 11.6. The lowest BCUT2D eigenvalue weighted by atomic mass is 10.0. The number of hydrogen-bond acceptors (Lipinski definition) is 4. The predicted octanol–water partition coefficient (Wildman–Crippen LogP) is 4.41. The second-order valence-electron chi connectivity index (χ2n) is 5.52. The number of esters is 1. The number of carbonyl (C=O) groups excluding carboxylic acids is 1. The van der Waals surface area contributed by atoms with Gasteiger partial charge in [-0.3, -0.25) is 4.79 Å². The molecule has 2 aromatic carbocycles. The number of pyridine rings is 1. The highest BCUT2D eigenvalue weighted by Crippen LogP contribution is 2.37. The molecule has 122 valence electrons. The lowest BCUT2D eigenvalue weighted by molar-refractivity contribution is -0.132. The van der Waals surface area contributed by atoms with Gasteiger partial charge in [0.05, 0.1) is 0 Å². The maximum absolute atomic E-state index is 11.1. The first-order chi connectivity index (χ1) is 11.5. The van der Waals surface area contributed by atoms with E-state index < -0.39 is 5.97 Å². The van der Waals surface area contributed by atoms with Gasteiger partial charge < -0.3 is 9.84 Å². The number of halogens is 1. The molecule has 0 bridgehead atoms. The molecule has 0 aliphatic heterocycles. The molecule has 0 aliphatic carbocycles. The van der Waals surface area contributed by atoms with Gasteiger partial charge in [-0.25, -0.2) is 4.98 Å². The fourth-order valence-corrected chi connectivity index (χ4v) is 3.07. The quantitative estimate of drug-likeness (QED) is 0.533. The Kier molecular flexibility index (Phi) is 4.81. The summed E-state index contributed by atoms with van der Waals surface area (Å²) in [6, 6.07) is 16.1. The number of aryl methyl sites for hydroxylation is 2. The molecule has 1 aromatic heterocycles. The van der Waals surface area contributed by atoms with E-state index in [1.165, 1.54) is 12.5 Å². The van der Waals surface area contributed by atoms with Crippen LogP contribution >= 0.6 is 15.9 Å². The van der Waals surface area contributed by atoms with Crippen LogP contribution in [0.2, 0.25) is 0 Å². The molecule has 3 rings (SSSR count). The van der Waals surface area contributed by atoms with Gasteiger partial charge in [0.25, 0.3) is 5.88 Å². The molecule has 1 heterocycles. The van der Waals surface area contributed by atoms with Crippen LogP contribution in [-0.2, 0) is 17.6 Å². The molecule has 0 unspecified atom stereocenters. The number of ether oxygens (including phenoxy) is 1. The van der Waals surface area contributed by atoms with Crippen molar-refractivity contribution in [1.82, 2.24) is 4.98 Å². The molecular formula is C19H16BrNO3. The smallest absolute Gasteiger partial charge is 0.309 e. The Morgan fingerprint density at radius 3 is 2.50 bits per heavy atom. The van der Waals surface area contributed by atoms with E-state index in [2.05, 4.69) is 33.0 Å². The lowest BCUT2D eigenvalue weighted by Gasteiger charge is -2.10. The summed E-state index contributed by atoms with van der Waals surface area (Å²) in [6.45, 7) is 1.27. The van der Waals surface area contributed by atoms with Gasteiger partial charge in [-0.1, -0.05) is 42.5 Å². The number of hydrogen-bond donors (Lipinski definition) is 1. The maximum Gasteiger partial charge on any atom is 0.309 e. The largest absolute Gasteiger partial charge is 0.503 e. The van der Waals surface area contributed by atoms with Crippen LogP contribution < -0.4 is 4.74 Å². The van der Waals surface area contributed by atoms with Gasteiger partial charge in [0, 0.05) is 17.7 Å². The number of aromatic hydroxyl groups is 1. The van der Waals surface area contributed by atoms with Crippen LogP contribution in [0.1, 0.15) is 18.1 Å². The van der Waals surface area contributed by atoms with Gasteiger partial charge in [-0.05, 0) is 46.0 Å². The van der Waals surface area contributed by atoms with E-state index in [4.69, 9.17) is 4.74 Å². The third kappa shape index (κ3) is 3.57. The molecule has 0 amide bonds. The average Bonchev–Trinajstić information content (AvgIpc) is 2.58. The van der Waals surface area contributed by atoms with Crippen molar-refractivity contribution in [1.29, 1.82) is 0 Å². The van der Waals surface area contributed by atoms with Crippen LogP contribution in [0.5, 0.6) is 11.6 Å². The summed E-state index contributed by atoms with van der Waals surface area (Å²) >= 11 is 3.39. The zero-order chi connectivity index (χ0) is 17.1. The molecule has 0 fully saturated rings. The summed E-state index contributed by atoms with van der Waals surface area (Å²) in [7, 11) is 0. The summed E-state index contributed by atoms with van der Waals surface area (Å²) in [4.78, 5) is 15.2. The van der Waals surface area contributed by atoms with E-state index in [9.17, 15) is 9.90 Å². The van der Waals surface area contributed by atoms with Crippen LogP contribution in [0.25, 0.3) is 10.8 Å². The molecule has 0 atom stereocenters. The average molecular weight is 386 g/mol. The zero-order valence-electron chi connectivity index (χ0n) is 13.1. The Bertz CT molecular complexity index is 894. The van der Waals surface area contributed by atoms with Gasteiger partial charge in [0.1, 0.15) is 4.60 Å². The minimum Gasteiger partial charge on any atom is -0.503 e. The van der Waals surface area contributed by atoms with Crippen molar-refractivity contribution in [3.63, 3.8) is 0 Å². The number of aromatic nitrogens is 1. The van der Waals surface area contributed by atoms with Crippen molar-refractivity contribution in [2.75, 3.05) is 0 Å². The second kappa shape index (κ2) is 7.01. The number of rotatable bonds is 4. The highest BCUT2D eigenvalue weighted by molar-refractivity contribution is 9.10. The number of nitrogens with zero attached hydrogens (tertiary/aromatic N) is 1. The maximum atomic E-state index is 11.1. The first-order valence-corrected chi connectivity index (χ1v) is 8.37. The molecule has 0 saturated carbocycles. The third-order valence-electron chi connectivity index (χ3n) is 3.75. The normalized spacial score (nSPS) is 10.8. The van der Waals surface area contributed by atoms with Crippen molar-refractivity contribution >= 4 is 32.7 Å². The number of benzene rings is 2. The molecule has 3 aromatic rings. The van der Waals surface area contributed by atoms with Crippen molar-refractivity contribution in [2.45, 2.75) is 19.8 Å². The molecule has 0 aliphatic rings. The highest BCUT2D eigenvalue weighted by Gasteiger charge is 2.15. The second-order valence-corrected chi connectivity index (χ2v) is 6.27. The van der Waals surface area contributed by atoms with E-state index in [0.29, 0.717) is 9.99 Å². The SMILES string of the molecule is CC(=O)Oc1nc(Br)c2cc(CCc3ccccc3)ccc2c1O. The minimum absolute atomic E-state index is 0.0843. The molecule has 5 heteroatoms. The van der Waals surface area contributed by atoms with Crippen LogP contribution in [0, 0.1) is 0 Å². The van der Waals surface area contributed by atoms with Gasteiger partial charge in [-0.2, -0.15) is 0 Å². The van der Waals surface area contributed by atoms with Crippen LogP contribution in [-0.4, -0.2) is 16.1 Å². The van der Waals surface area contributed by atoms with E-state index in [-0.39, 0.29) is 11.6 Å². The van der Waals surface area contributed by atoms with Crippen LogP contribution in [0.15, 0.2) is 53.1 Å². The van der Waals surface area contributed by atoms with Crippen LogP contribution in [0.3, 0.4) is 0 Å². The Hall–Kier alpha value is -2.40.